The molecule has 6 nitrogen and oxygen atoms in total. The van der Waals surface area contributed by atoms with Crippen LogP contribution in [0.2, 0.25) is 0 Å². The third kappa shape index (κ3) is 6.56. The molecule has 0 saturated carbocycles. The molecule has 0 aliphatic carbocycles. The molecule has 1 saturated heterocycles. The fraction of sp³-hybridized carbons (Fsp3) is 0.296. The Kier molecular flexibility index (Phi) is 8.48. The maximum absolute atomic E-state index is 13.5. The molecule has 1 heterocycles. The van der Waals surface area contributed by atoms with E-state index in [1.807, 2.05) is 42.5 Å². The van der Waals surface area contributed by atoms with Gasteiger partial charge in [0.1, 0.15) is 30.5 Å². The van der Waals surface area contributed by atoms with Gasteiger partial charge in [-0.05, 0) is 42.0 Å². The second-order valence-electron chi connectivity index (χ2n) is 7.93. The van der Waals surface area contributed by atoms with E-state index in [0.717, 1.165) is 24.4 Å². The maximum Gasteiger partial charge on any atom is 0.255 e. The molecule has 1 N–H and O–H groups in total. The molecule has 3 aromatic carbocycles. The molecule has 7 heteroatoms. The first-order chi connectivity index (χ1) is 16.7. The number of halogens is 1. The van der Waals surface area contributed by atoms with Crippen LogP contribution in [0.4, 0.5) is 4.39 Å². The monoisotopic (exact) mass is 464 g/mol. The summed E-state index contributed by atoms with van der Waals surface area (Å²) in [5.74, 6) is 0.768. The third-order valence-electron chi connectivity index (χ3n) is 5.68. The summed E-state index contributed by atoms with van der Waals surface area (Å²) in [5, 5.41) is 3.04. The van der Waals surface area contributed by atoms with Crippen LogP contribution >= 0.6 is 0 Å². The molecule has 0 aromatic heterocycles. The average molecular weight is 465 g/mol. The van der Waals surface area contributed by atoms with Gasteiger partial charge in [0.15, 0.2) is 0 Å². The quantitative estimate of drug-likeness (QED) is 0.458. The van der Waals surface area contributed by atoms with E-state index in [2.05, 4.69) is 10.2 Å². The highest BCUT2D eigenvalue weighted by Crippen LogP contribution is 2.23. The highest BCUT2D eigenvalue weighted by atomic mass is 19.1. The molecule has 1 amide bonds. The second kappa shape index (κ2) is 12.2. The molecule has 3 aromatic rings. The van der Waals surface area contributed by atoms with E-state index >= 15 is 0 Å². The molecule has 1 aliphatic heterocycles. The molecular weight excluding hydrogens is 435 g/mol. The van der Waals surface area contributed by atoms with Crippen molar-refractivity contribution in [3.63, 3.8) is 0 Å². The van der Waals surface area contributed by atoms with E-state index in [-0.39, 0.29) is 17.8 Å². The van der Waals surface area contributed by atoms with Crippen LogP contribution < -0.4 is 14.8 Å². The Labute approximate surface area is 199 Å². The van der Waals surface area contributed by atoms with E-state index in [0.29, 0.717) is 44.3 Å². The van der Waals surface area contributed by atoms with Crippen LogP contribution in [0.5, 0.6) is 11.5 Å². The Morgan fingerprint density at radius 1 is 0.912 bits per heavy atom. The van der Waals surface area contributed by atoms with Crippen LogP contribution in [0.25, 0.3) is 0 Å². The molecule has 1 atom stereocenters. The van der Waals surface area contributed by atoms with Crippen molar-refractivity contribution >= 4 is 5.91 Å². The molecule has 1 aliphatic rings. The van der Waals surface area contributed by atoms with Crippen molar-refractivity contribution in [2.24, 2.45) is 0 Å². The summed E-state index contributed by atoms with van der Waals surface area (Å²) in [4.78, 5) is 15.3. The van der Waals surface area contributed by atoms with E-state index in [9.17, 15) is 9.18 Å². The Morgan fingerprint density at radius 2 is 1.59 bits per heavy atom. The Balaban J connectivity index is 1.37. The van der Waals surface area contributed by atoms with Gasteiger partial charge in [0, 0.05) is 19.6 Å². The highest BCUT2D eigenvalue weighted by Gasteiger charge is 2.24. The lowest BCUT2D eigenvalue weighted by atomic mass is 10.0. The normalized spacial score (nSPS) is 14.9. The zero-order valence-corrected chi connectivity index (χ0v) is 19.0. The van der Waals surface area contributed by atoms with Crippen molar-refractivity contribution in [3.05, 3.63) is 95.8 Å². The van der Waals surface area contributed by atoms with Gasteiger partial charge in [0.25, 0.3) is 5.91 Å². The average Bonchev–Trinajstić information content (AvgIpc) is 2.89. The summed E-state index contributed by atoms with van der Waals surface area (Å²) in [7, 11) is 0. The predicted octanol–water partition coefficient (Wildman–Crippen LogP) is 4.09. The maximum atomic E-state index is 13.5. The molecule has 0 spiro atoms. The van der Waals surface area contributed by atoms with Gasteiger partial charge < -0.3 is 19.5 Å². The van der Waals surface area contributed by atoms with Gasteiger partial charge in [0.05, 0.1) is 24.8 Å². The molecule has 0 bridgehead atoms. The van der Waals surface area contributed by atoms with Crippen molar-refractivity contribution < 1.29 is 23.4 Å². The lowest BCUT2D eigenvalue weighted by Crippen LogP contribution is -2.43. The summed E-state index contributed by atoms with van der Waals surface area (Å²) in [6, 6.07) is 23.0. The van der Waals surface area contributed by atoms with Crippen molar-refractivity contribution in [2.45, 2.75) is 6.04 Å². The molecule has 0 unspecified atom stereocenters. The lowest BCUT2D eigenvalue weighted by molar-refractivity contribution is 0.0162. The van der Waals surface area contributed by atoms with Gasteiger partial charge in [-0.1, -0.05) is 42.5 Å². The molecule has 34 heavy (non-hydrogen) atoms. The van der Waals surface area contributed by atoms with E-state index in [1.165, 1.54) is 12.1 Å². The van der Waals surface area contributed by atoms with Crippen molar-refractivity contribution in [1.29, 1.82) is 0 Å². The first-order valence-corrected chi connectivity index (χ1v) is 11.5. The summed E-state index contributed by atoms with van der Waals surface area (Å²) in [5.41, 5.74) is 1.41. The number of morpholine rings is 1. The smallest absolute Gasteiger partial charge is 0.255 e. The van der Waals surface area contributed by atoms with Crippen molar-refractivity contribution in [3.8, 4) is 11.5 Å². The number of ether oxygens (including phenoxy) is 3. The number of hydrogen-bond donors (Lipinski definition) is 1. The fourth-order valence-electron chi connectivity index (χ4n) is 3.92. The van der Waals surface area contributed by atoms with Crippen molar-refractivity contribution in [2.75, 3.05) is 46.1 Å². The molecule has 0 radical (unpaired) electrons. The molecule has 1 fully saturated rings. The third-order valence-corrected chi connectivity index (χ3v) is 5.68. The van der Waals surface area contributed by atoms with Gasteiger partial charge in [-0.3, -0.25) is 9.69 Å². The number of rotatable bonds is 10. The first kappa shape index (κ1) is 23.7. The second-order valence-corrected chi connectivity index (χ2v) is 7.93. The van der Waals surface area contributed by atoms with E-state index in [4.69, 9.17) is 14.2 Å². The number of nitrogens with one attached hydrogen (secondary N) is 1. The lowest BCUT2D eigenvalue weighted by Gasteiger charge is -2.35. The predicted molar refractivity (Wildman–Crippen MR) is 128 cm³/mol. The van der Waals surface area contributed by atoms with Crippen molar-refractivity contribution in [1.82, 2.24) is 10.2 Å². The van der Waals surface area contributed by atoms with Gasteiger partial charge >= 0.3 is 0 Å². The van der Waals surface area contributed by atoms with Gasteiger partial charge in [-0.2, -0.15) is 0 Å². The largest absolute Gasteiger partial charge is 0.490 e. The highest BCUT2D eigenvalue weighted by molar-refractivity contribution is 5.96. The SMILES string of the molecule is O=C(NC[C@H](c1ccc(F)cc1)N1CCOCC1)c1ccccc1OCCOc1ccccc1. The van der Waals surface area contributed by atoms with Crippen LogP contribution in [-0.2, 0) is 4.74 Å². The van der Waals surface area contributed by atoms with Crippen LogP contribution in [0, 0.1) is 5.82 Å². The molecule has 178 valence electrons. The van der Waals surface area contributed by atoms with Gasteiger partial charge in [0.2, 0.25) is 0 Å². The van der Waals surface area contributed by atoms with E-state index in [1.54, 1.807) is 24.3 Å². The van der Waals surface area contributed by atoms with Crippen LogP contribution in [0.15, 0.2) is 78.9 Å². The van der Waals surface area contributed by atoms with Crippen LogP contribution in [-0.4, -0.2) is 56.9 Å². The summed E-state index contributed by atoms with van der Waals surface area (Å²) in [6.45, 7) is 3.82. The van der Waals surface area contributed by atoms with Gasteiger partial charge in [-0.25, -0.2) is 4.39 Å². The van der Waals surface area contributed by atoms with Crippen LogP contribution in [0.3, 0.4) is 0 Å². The standard InChI is InChI=1S/C27H29FN2O4/c28-22-12-10-21(11-13-22)25(30-14-16-32-17-15-30)20-29-27(31)24-8-4-5-9-26(24)34-19-18-33-23-6-2-1-3-7-23/h1-13,25H,14-20H2,(H,29,31)/t25-/m1/s1. The van der Waals surface area contributed by atoms with E-state index < -0.39 is 0 Å². The number of benzene rings is 3. The zero-order valence-electron chi connectivity index (χ0n) is 19.0. The number of hydrogen-bond acceptors (Lipinski definition) is 5. The number of para-hydroxylation sites is 2. The number of carbonyl (C=O) groups is 1. The Hall–Kier alpha value is -3.42. The minimum absolute atomic E-state index is 0.0826. The minimum Gasteiger partial charge on any atom is -0.490 e. The molecular formula is C27H29FN2O4. The van der Waals surface area contributed by atoms with Gasteiger partial charge in [-0.15, -0.1) is 0 Å². The number of carbonyl (C=O) groups excluding carboxylic acids is 1. The Bertz CT molecular complexity index is 1040. The summed E-state index contributed by atoms with van der Waals surface area (Å²) >= 11 is 0. The fourth-order valence-corrected chi connectivity index (χ4v) is 3.92. The minimum atomic E-state index is -0.282. The first-order valence-electron chi connectivity index (χ1n) is 11.5. The number of amides is 1. The molecule has 4 rings (SSSR count). The topological polar surface area (TPSA) is 60.0 Å². The van der Waals surface area contributed by atoms with Crippen LogP contribution in [0.1, 0.15) is 22.0 Å². The Morgan fingerprint density at radius 3 is 2.35 bits per heavy atom. The zero-order chi connectivity index (χ0) is 23.6. The number of nitrogens with zero attached hydrogens (tertiary/aromatic N) is 1. The summed E-state index contributed by atoms with van der Waals surface area (Å²) < 4.78 is 30.5. The summed E-state index contributed by atoms with van der Waals surface area (Å²) in [6.07, 6.45) is 0.